The Hall–Kier alpha value is -1.52. The molecule has 1 saturated carbocycles. The fraction of sp³-hybridized carbons (Fsp3) is 0.619. The van der Waals surface area contributed by atoms with Gasteiger partial charge in [0.1, 0.15) is 5.75 Å². The number of aromatic nitrogens is 1. The molecule has 4 heteroatoms. The normalized spacial score (nSPS) is 24.0. The Labute approximate surface area is 149 Å². The Kier molecular flexibility index (Phi) is 3.79. The SMILES string of the molecule is COc1ccc2[nH]c3c(c2c1)CCNC31CCN(C2CCCC2)CC1. The molecule has 25 heavy (non-hydrogen) atoms. The van der Waals surface area contributed by atoms with Gasteiger partial charge in [-0.2, -0.15) is 0 Å². The number of likely N-dealkylation sites (tertiary alicyclic amines) is 1. The van der Waals surface area contributed by atoms with Crippen molar-refractivity contribution in [3.8, 4) is 5.75 Å². The van der Waals surface area contributed by atoms with E-state index in [1.165, 1.54) is 73.8 Å². The Bertz CT molecular complexity index is 767. The summed E-state index contributed by atoms with van der Waals surface area (Å²) in [6, 6.07) is 7.30. The van der Waals surface area contributed by atoms with E-state index >= 15 is 0 Å². The fourth-order valence-electron chi connectivity index (χ4n) is 5.50. The van der Waals surface area contributed by atoms with E-state index < -0.39 is 0 Å². The van der Waals surface area contributed by atoms with Crippen molar-refractivity contribution >= 4 is 10.9 Å². The number of methoxy groups -OCH3 is 1. The number of nitrogens with one attached hydrogen (secondary N) is 2. The van der Waals surface area contributed by atoms with E-state index in [2.05, 4.69) is 33.4 Å². The summed E-state index contributed by atoms with van der Waals surface area (Å²) in [6.45, 7) is 3.55. The lowest BCUT2D eigenvalue weighted by Gasteiger charge is -2.46. The second kappa shape index (κ2) is 6.03. The second-order valence-corrected chi connectivity index (χ2v) is 8.12. The van der Waals surface area contributed by atoms with Gasteiger partial charge in [0.2, 0.25) is 0 Å². The third-order valence-electron chi connectivity index (χ3n) is 6.92. The standard InChI is InChI=1S/C21H29N3O/c1-25-16-6-7-19-18(14-16)17-8-11-22-21(20(17)23-19)9-12-24(13-10-21)15-4-2-3-5-15/h6-7,14-15,22-23H,2-5,8-13H2,1H3. The van der Waals surface area contributed by atoms with Gasteiger partial charge in [-0.1, -0.05) is 12.8 Å². The summed E-state index contributed by atoms with van der Waals surface area (Å²) >= 11 is 0. The Balaban J connectivity index is 1.47. The average molecular weight is 339 g/mol. The number of hydrogen-bond acceptors (Lipinski definition) is 3. The third-order valence-corrected chi connectivity index (χ3v) is 6.92. The zero-order valence-electron chi connectivity index (χ0n) is 15.2. The van der Waals surface area contributed by atoms with Gasteiger partial charge in [-0.15, -0.1) is 0 Å². The van der Waals surface area contributed by atoms with Crippen molar-refractivity contribution in [3.63, 3.8) is 0 Å². The molecule has 2 fully saturated rings. The van der Waals surface area contributed by atoms with Crippen LogP contribution in [0.25, 0.3) is 10.9 Å². The van der Waals surface area contributed by atoms with Crippen molar-refractivity contribution in [2.45, 2.75) is 56.5 Å². The van der Waals surface area contributed by atoms with Crippen LogP contribution in [0.3, 0.4) is 0 Å². The van der Waals surface area contributed by atoms with E-state index in [1.54, 1.807) is 7.11 Å². The molecule has 1 aliphatic carbocycles. The quantitative estimate of drug-likeness (QED) is 0.879. The highest BCUT2D eigenvalue weighted by Crippen LogP contribution is 2.41. The lowest BCUT2D eigenvalue weighted by Crippen LogP contribution is -2.55. The fourth-order valence-corrected chi connectivity index (χ4v) is 5.50. The summed E-state index contributed by atoms with van der Waals surface area (Å²) in [5.41, 5.74) is 4.37. The topological polar surface area (TPSA) is 40.3 Å². The smallest absolute Gasteiger partial charge is 0.119 e. The van der Waals surface area contributed by atoms with Crippen LogP contribution in [0.15, 0.2) is 18.2 Å². The van der Waals surface area contributed by atoms with Crippen LogP contribution in [0.5, 0.6) is 5.75 Å². The molecule has 2 aromatic rings. The highest BCUT2D eigenvalue weighted by molar-refractivity contribution is 5.86. The monoisotopic (exact) mass is 339 g/mol. The van der Waals surface area contributed by atoms with E-state index in [0.717, 1.165) is 24.8 Å². The number of benzene rings is 1. The number of H-pyrrole nitrogens is 1. The van der Waals surface area contributed by atoms with Crippen LogP contribution in [0.1, 0.15) is 49.8 Å². The molecule has 0 bridgehead atoms. The lowest BCUT2D eigenvalue weighted by atomic mass is 9.79. The van der Waals surface area contributed by atoms with Gasteiger partial charge in [-0.25, -0.2) is 0 Å². The molecule has 1 aromatic carbocycles. The summed E-state index contributed by atoms with van der Waals surface area (Å²) in [6.07, 6.45) is 9.24. The highest BCUT2D eigenvalue weighted by atomic mass is 16.5. The number of piperidine rings is 1. The number of fused-ring (bicyclic) bond motifs is 4. The maximum atomic E-state index is 5.45. The van der Waals surface area contributed by atoms with E-state index in [1.807, 2.05) is 0 Å². The maximum Gasteiger partial charge on any atom is 0.119 e. The molecule has 0 amide bonds. The molecule has 2 aliphatic heterocycles. The van der Waals surface area contributed by atoms with Gasteiger partial charge in [-0.3, -0.25) is 0 Å². The van der Waals surface area contributed by atoms with Crippen molar-refractivity contribution < 1.29 is 4.74 Å². The molecule has 4 nitrogen and oxygen atoms in total. The predicted molar refractivity (Wildman–Crippen MR) is 101 cm³/mol. The van der Waals surface area contributed by atoms with Gasteiger partial charge in [0.25, 0.3) is 0 Å². The van der Waals surface area contributed by atoms with Crippen molar-refractivity contribution in [1.29, 1.82) is 0 Å². The van der Waals surface area contributed by atoms with Gasteiger partial charge in [0, 0.05) is 42.3 Å². The predicted octanol–water partition coefficient (Wildman–Crippen LogP) is 3.56. The zero-order chi connectivity index (χ0) is 16.9. The summed E-state index contributed by atoms with van der Waals surface area (Å²) in [5.74, 6) is 0.956. The van der Waals surface area contributed by atoms with Crippen LogP contribution in [-0.2, 0) is 12.0 Å². The van der Waals surface area contributed by atoms with Gasteiger partial charge >= 0.3 is 0 Å². The first-order chi connectivity index (χ1) is 12.3. The van der Waals surface area contributed by atoms with Gasteiger partial charge < -0.3 is 19.9 Å². The van der Waals surface area contributed by atoms with Crippen molar-refractivity contribution in [1.82, 2.24) is 15.2 Å². The van der Waals surface area contributed by atoms with E-state index in [0.29, 0.717) is 0 Å². The molecule has 1 aromatic heterocycles. The van der Waals surface area contributed by atoms with Crippen LogP contribution in [0.4, 0.5) is 0 Å². The Morgan fingerprint density at radius 1 is 1.16 bits per heavy atom. The van der Waals surface area contributed by atoms with Crippen LogP contribution >= 0.6 is 0 Å². The molecule has 1 saturated heterocycles. The van der Waals surface area contributed by atoms with Crippen LogP contribution in [-0.4, -0.2) is 42.7 Å². The molecule has 0 atom stereocenters. The first-order valence-corrected chi connectivity index (χ1v) is 9.97. The Morgan fingerprint density at radius 2 is 1.96 bits per heavy atom. The summed E-state index contributed by atoms with van der Waals surface area (Å²) in [4.78, 5) is 6.54. The third kappa shape index (κ3) is 2.49. The summed E-state index contributed by atoms with van der Waals surface area (Å²) in [7, 11) is 1.75. The number of hydrogen-bond donors (Lipinski definition) is 2. The molecule has 0 unspecified atom stereocenters. The van der Waals surface area contributed by atoms with E-state index in [9.17, 15) is 0 Å². The van der Waals surface area contributed by atoms with Crippen molar-refractivity contribution in [3.05, 3.63) is 29.5 Å². The molecular formula is C21H29N3O. The van der Waals surface area contributed by atoms with Gasteiger partial charge in [0.05, 0.1) is 12.6 Å². The van der Waals surface area contributed by atoms with Crippen LogP contribution < -0.4 is 10.1 Å². The van der Waals surface area contributed by atoms with Gasteiger partial charge in [-0.05, 0) is 55.9 Å². The summed E-state index contributed by atoms with van der Waals surface area (Å²) in [5, 5.41) is 5.26. The zero-order valence-corrected chi connectivity index (χ0v) is 15.2. The van der Waals surface area contributed by atoms with Gasteiger partial charge in [0.15, 0.2) is 0 Å². The second-order valence-electron chi connectivity index (χ2n) is 8.12. The molecule has 3 heterocycles. The molecule has 0 radical (unpaired) electrons. The molecule has 1 spiro atoms. The number of aromatic amines is 1. The van der Waals surface area contributed by atoms with Crippen LogP contribution in [0, 0.1) is 0 Å². The number of rotatable bonds is 2. The first-order valence-electron chi connectivity index (χ1n) is 9.97. The van der Waals surface area contributed by atoms with Crippen LogP contribution in [0.2, 0.25) is 0 Å². The highest BCUT2D eigenvalue weighted by Gasteiger charge is 2.42. The molecule has 134 valence electrons. The molecule has 2 N–H and O–H groups in total. The number of ether oxygens (including phenoxy) is 1. The molecule has 5 rings (SSSR count). The van der Waals surface area contributed by atoms with E-state index in [4.69, 9.17) is 4.74 Å². The summed E-state index contributed by atoms with van der Waals surface area (Å²) < 4.78 is 5.45. The minimum atomic E-state index is 0.148. The lowest BCUT2D eigenvalue weighted by molar-refractivity contribution is 0.0929. The molecular weight excluding hydrogens is 310 g/mol. The Morgan fingerprint density at radius 3 is 2.72 bits per heavy atom. The minimum absolute atomic E-state index is 0.148. The van der Waals surface area contributed by atoms with E-state index in [-0.39, 0.29) is 5.54 Å². The minimum Gasteiger partial charge on any atom is -0.497 e. The average Bonchev–Trinajstić information content (AvgIpc) is 3.31. The number of nitrogens with zero attached hydrogens (tertiary/aromatic N) is 1. The van der Waals surface area contributed by atoms with Crippen molar-refractivity contribution in [2.75, 3.05) is 26.7 Å². The largest absolute Gasteiger partial charge is 0.497 e. The maximum absolute atomic E-state index is 5.45. The molecule has 3 aliphatic rings. The van der Waals surface area contributed by atoms with Crippen molar-refractivity contribution in [2.24, 2.45) is 0 Å². The first kappa shape index (κ1) is 15.7.